The van der Waals surface area contributed by atoms with Gasteiger partial charge in [0, 0.05) is 12.5 Å². The Bertz CT molecular complexity index is 726. The van der Waals surface area contributed by atoms with Crippen molar-refractivity contribution < 1.29 is 14.0 Å². The normalized spacial score (nSPS) is 25.8. The number of ether oxygens (including phenoxy) is 1. The van der Waals surface area contributed by atoms with Crippen molar-refractivity contribution in [3.63, 3.8) is 0 Å². The summed E-state index contributed by atoms with van der Waals surface area (Å²) in [5, 5.41) is 0.183. The number of alkyl halides is 1. The molecular formula is C20H31BrN2O3Si. The Morgan fingerprint density at radius 1 is 1.33 bits per heavy atom. The van der Waals surface area contributed by atoms with Gasteiger partial charge in [-0.2, -0.15) is 0 Å². The highest BCUT2D eigenvalue weighted by atomic mass is 79.9. The number of carbonyl (C=O) groups is 1. The quantitative estimate of drug-likeness (QED) is 0.461. The molecule has 150 valence electrons. The molecule has 5 nitrogen and oxygen atoms in total. The number of fused-ring (bicyclic) bond motifs is 1. The van der Waals surface area contributed by atoms with Crippen LogP contribution in [0, 0.1) is 0 Å². The summed E-state index contributed by atoms with van der Waals surface area (Å²) in [5.74, 6) is 1.70. The van der Waals surface area contributed by atoms with E-state index >= 15 is 0 Å². The van der Waals surface area contributed by atoms with E-state index in [9.17, 15) is 4.79 Å². The Balaban J connectivity index is 1.75. The summed E-state index contributed by atoms with van der Waals surface area (Å²) in [7, 11) is -1.83. The topological polar surface area (TPSA) is 51.7 Å². The van der Waals surface area contributed by atoms with E-state index in [1.165, 1.54) is 0 Å². The minimum atomic E-state index is -1.83. The standard InChI is InChI=1S/C20H31BrN2O3Si/c1-19(2,3)27(5,6)26-20(4)10-15(11-20)23-17(24)8-7-14-9-16(25-13-21)12-22-18(14)23/h9,12,15H,7-8,10-11,13H2,1-6H3. The molecule has 0 bridgehead atoms. The van der Waals surface area contributed by atoms with E-state index in [-0.39, 0.29) is 22.6 Å². The summed E-state index contributed by atoms with van der Waals surface area (Å²) in [6.45, 7) is 13.6. The number of aromatic nitrogens is 1. The van der Waals surface area contributed by atoms with Gasteiger partial charge in [0.1, 0.15) is 17.1 Å². The summed E-state index contributed by atoms with van der Waals surface area (Å²) >= 11 is 3.27. The number of pyridine rings is 1. The highest BCUT2D eigenvalue weighted by Gasteiger charge is 2.51. The molecule has 2 heterocycles. The first-order valence-corrected chi connectivity index (χ1v) is 13.7. The Hall–Kier alpha value is -0.923. The molecule has 3 rings (SSSR count). The lowest BCUT2D eigenvalue weighted by Gasteiger charge is -2.54. The molecule has 0 atom stereocenters. The fourth-order valence-corrected chi connectivity index (χ4v) is 5.82. The van der Waals surface area contributed by atoms with Gasteiger partial charge in [0.25, 0.3) is 0 Å². The maximum atomic E-state index is 12.7. The van der Waals surface area contributed by atoms with Gasteiger partial charge >= 0.3 is 0 Å². The average molecular weight is 455 g/mol. The molecule has 0 N–H and O–H groups in total. The third kappa shape index (κ3) is 4.10. The van der Waals surface area contributed by atoms with E-state index in [1.807, 2.05) is 11.0 Å². The molecule has 1 aromatic heterocycles. The van der Waals surface area contributed by atoms with Gasteiger partial charge in [-0.15, -0.1) is 0 Å². The number of anilines is 1. The predicted molar refractivity (Wildman–Crippen MR) is 114 cm³/mol. The number of amides is 1. The lowest BCUT2D eigenvalue weighted by Crippen LogP contribution is -2.61. The summed E-state index contributed by atoms with van der Waals surface area (Å²) < 4.78 is 12.2. The molecule has 27 heavy (non-hydrogen) atoms. The first-order chi connectivity index (χ1) is 12.5. The molecule has 1 aliphatic heterocycles. The number of rotatable bonds is 5. The number of nitrogens with zero attached hydrogens (tertiary/aromatic N) is 2. The molecule has 7 heteroatoms. The number of hydrogen-bond acceptors (Lipinski definition) is 4. The van der Waals surface area contributed by atoms with Crippen molar-refractivity contribution in [2.24, 2.45) is 0 Å². The van der Waals surface area contributed by atoms with Gasteiger partial charge in [0.05, 0.1) is 11.8 Å². The second-order valence-electron chi connectivity index (χ2n) is 9.55. The summed E-state index contributed by atoms with van der Waals surface area (Å²) in [6, 6.07) is 2.18. The Morgan fingerprint density at radius 2 is 2.00 bits per heavy atom. The number of carbonyl (C=O) groups excluding carboxylic acids is 1. The second-order valence-corrected chi connectivity index (χ2v) is 14.7. The zero-order chi connectivity index (χ0) is 20.0. The molecule has 0 spiro atoms. The third-order valence-electron chi connectivity index (χ3n) is 6.25. The monoisotopic (exact) mass is 454 g/mol. The minimum absolute atomic E-state index is 0.148. The first kappa shape index (κ1) is 20.8. The number of halogens is 1. The summed E-state index contributed by atoms with van der Waals surface area (Å²) in [4.78, 5) is 19.1. The van der Waals surface area contributed by atoms with Crippen molar-refractivity contribution in [2.75, 3.05) is 10.4 Å². The smallest absolute Gasteiger partial charge is 0.228 e. The Kier molecular flexibility index (Phi) is 5.51. The van der Waals surface area contributed by atoms with Gasteiger partial charge in [-0.3, -0.25) is 9.69 Å². The highest BCUT2D eigenvalue weighted by Crippen LogP contribution is 2.47. The van der Waals surface area contributed by atoms with E-state index in [0.29, 0.717) is 11.9 Å². The van der Waals surface area contributed by atoms with E-state index in [1.54, 1.807) is 6.20 Å². The maximum Gasteiger partial charge on any atom is 0.228 e. The van der Waals surface area contributed by atoms with E-state index < -0.39 is 8.32 Å². The number of hydrogen-bond donors (Lipinski definition) is 0. The van der Waals surface area contributed by atoms with Crippen molar-refractivity contribution in [2.45, 2.75) is 83.2 Å². The lowest BCUT2D eigenvalue weighted by atomic mass is 9.75. The molecule has 0 aromatic carbocycles. The molecule has 0 unspecified atom stereocenters. The SMILES string of the molecule is CC1(O[Si](C)(C)C(C)(C)C)CC(N2C(=O)CCc3cc(OCBr)cnc32)C1. The lowest BCUT2D eigenvalue weighted by molar-refractivity contribution is -0.121. The van der Waals surface area contributed by atoms with Crippen molar-refractivity contribution in [1.82, 2.24) is 4.98 Å². The van der Waals surface area contributed by atoms with E-state index in [0.717, 1.165) is 36.4 Å². The predicted octanol–water partition coefficient (Wildman–Crippen LogP) is 5.03. The molecule has 0 radical (unpaired) electrons. The third-order valence-corrected chi connectivity index (χ3v) is 11.1. The van der Waals surface area contributed by atoms with Crippen LogP contribution in [0.1, 0.15) is 52.5 Å². The Labute approximate surface area is 172 Å². The molecule has 1 amide bonds. The van der Waals surface area contributed by atoms with Crippen molar-refractivity contribution >= 4 is 36.0 Å². The van der Waals surface area contributed by atoms with Crippen LogP contribution in [0.4, 0.5) is 5.82 Å². The average Bonchev–Trinajstić information content (AvgIpc) is 2.51. The zero-order valence-corrected chi connectivity index (χ0v) is 19.9. The summed E-state index contributed by atoms with van der Waals surface area (Å²) in [5.41, 5.74) is 1.37. The molecule has 2 aliphatic rings. The fourth-order valence-electron chi connectivity index (χ4n) is 3.85. The summed E-state index contributed by atoms with van der Waals surface area (Å²) in [6.07, 6.45) is 4.69. The van der Waals surface area contributed by atoms with Gasteiger partial charge in [-0.05, 0) is 71.9 Å². The number of aryl methyl sites for hydroxylation is 1. The van der Waals surface area contributed by atoms with Crippen LogP contribution in [0.15, 0.2) is 12.3 Å². The van der Waals surface area contributed by atoms with Gasteiger partial charge in [-0.1, -0.05) is 20.8 Å². The molecule has 1 aromatic rings. The van der Waals surface area contributed by atoms with Crippen molar-refractivity contribution in [1.29, 1.82) is 0 Å². The Morgan fingerprint density at radius 3 is 2.59 bits per heavy atom. The van der Waals surface area contributed by atoms with Crippen LogP contribution in [-0.2, 0) is 15.6 Å². The molecule has 0 saturated heterocycles. The molecule has 1 saturated carbocycles. The maximum absolute atomic E-state index is 12.7. The second kappa shape index (κ2) is 7.15. The van der Waals surface area contributed by atoms with E-state index in [2.05, 4.69) is 61.7 Å². The van der Waals surface area contributed by atoms with Crippen LogP contribution in [0.2, 0.25) is 18.1 Å². The van der Waals surface area contributed by atoms with Crippen molar-refractivity contribution in [3.8, 4) is 5.75 Å². The minimum Gasteiger partial charge on any atom is -0.481 e. The van der Waals surface area contributed by atoms with Crippen LogP contribution in [-0.4, -0.2) is 36.4 Å². The van der Waals surface area contributed by atoms with E-state index in [4.69, 9.17) is 9.16 Å². The molecule has 1 fully saturated rings. The fraction of sp³-hybridized carbons (Fsp3) is 0.700. The van der Waals surface area contributed by atoms with Gasteiger partial charge in [-0.25, -0.2) is 4.98 Å². The van der Waals surface area contributed by atoms with Gasteiger partial charge in [0.15, 0.2) is 8.32 Å². The van der Waals surface area contributed by atoms with Gasteiger partial charge < -0.3 is 9.16 Å². The largest absolute Gasteiger partial charge is 0.481 e. The zero-order valence-electron chi connectivity index (χ0n) is 17.3. The van der Waals surface area contributed by atoms with Gasteiger partial charge in [0.2, 0.25) is 5.91 Å². The first-order valence-electron chi connectivity index (χ1n) is 9.66. The molecular weight excluding hydrogens is 424 g/mol. The van der Waals surface area contributed by atoms with Crippen LogP contribution in [0.25, 0.3) is 0 Å². The van der Waals surface area contributed by atoms with Crippen LogP contribution in [0.3, 0.4) is 0 Å². The van der Waals surface area contributed by atoms with Crippen LogP contribution < -0.4 is 9.64 Å². The molecule has 1 aliphatic carbocycles. The van der Waals surface area contributed by atoms with Crippen LogP contribution in [0.5, 0.6) is 5.75 Å². The highest BCUT2D eigenvalue weighted by molar-refractivity contribution is 9.09. The van der Waals surface area contributed by atoms with Crippen molar-refractivity contribution in [3.05, 3.63) is 17.8 Å². The van der Waals surface area contributed by atoms with Crippen LogP contribution >= 0.6 is 15.9 Å².